The van der Waals surface area contributed by atoms with Gasteiger partial charge in [-0.3, -0.25) is 0 Å². The Kier molecular flexibility index (Phi) is 5.19. The van der Waals surface area contributed by atoms with Crippen LogP contribution in [0, 0.1) is 12.8 Å². The largest absolute Gasteiger partial charge is 0.457 e. The van der Waals surface area contributed by atoms with Crippen LogP contribution in [0.15, 0.2) is 48.5 Å². The molecule has 2 heteroatoms. The number of rotatable bonds is 6. The summed E-state index contributed by atoms with van der Waals surface area (Å²) in [5.41, 5.74) is 2.46. The number of aryl methyl sites for hydroxylation is 1. The summed E-state index contributed by atoms with van der Waals surface area (Å²) in [6.45, 7) is 8.38. The standard InChI is InChI=1S/C18H23NO/c1-14(2)12-19-13-16-11-15(3)9-10-18(16)20-17-7-5-4-6-8-17/h4-11,14,19H,12-13H2,1-3H3. The molecule has 0 bridgehead atoms. The third kappa shape index (κ3) is 4.39. The summed E-state index contributed by atoms with van der Waals surface area (Å²) in [5.74, 6) is 2.46. The first-order valence-corrected chi connectivity index (χ1v) is 7.18. The van der Waals surface area contributed by atoms with Crippen LogP contribution in [0.1, 0.15) is 25.0 Å². The summed E-state index contributed by atoms with van der Waals surface area (Å²) >= 11 is 0. The minimum Gasteiger partial charge on any atom is -0.457 e. The van der Waals surface area contributed by atoms with Crippen LogP contribution < -0.4 is 10.1 Å². The van der Waals surface area contributed by atoms with E-state index in [0.717, 1.165) is 24.6 Å². The van der Waals surface area contributed by atoms with E-state index in [0.29, 0.717) is 5.92 Å². The summed E-state index contributed by atoms with van der Waals surface area (Å²) < 4.78 is 5.98. The molecule has 20 heavy (non-hydrogen) atoms. The molecule has 1 N–H and O–H groups in total. The van der Waals surface area contributed by atoms with Crippen LogP contribution in [0.5, 0.6) is 11.5 Å². The molecular weight excluding hydrogens is 246 g/mol. The zero-order chi connectivity index (χ0) is 14.4. The van der Waals surface area contributed by atoms with Gasteiger partial charge in [0, 0.05) is 12.1 Å². The minimum absolute atomic E-state index is 0.651. The van der Waals surface area contributed by atoms with E-state index < -0.39 is 0 Å². The lowest BCUT2D eigenvalue weighted by molar-refractivity contribution is 0.469. The van der Waals surface area contributed by atoms with E-state index in [9.17, 15) is 0 Å². The Hall–Kier alpha value is -1.80. The lowest BCUT2D eigenvalue weighted by atomic mass is 10.1. The SMILES string of the molecule is Cc1ccc(Oc2ccccc2)c(CNCC(C)C)c1. The first kappa shape index (κ1) is 14.6. The molecule has 0 aliphatic heterocycles. The van der Waals surface area contributed by atoms with Gasteiger partial charge in [-0.25, -0.2) is 0 Å². The maximum atomic E-state index is 5.98. The third-order valence-electron chi connectivity index (χ3n) is 3.06. The van der Waals surface area contributed by atoms with Crippen LogP contribution in [-0.2, 0) is 6.54 Å². The van der Waals surface area contributed by atoms with E-state index in [1.807, 2.05) is 30.3 Å². The molecule has 0 saturated carbocycles. The third-order valence-corrected chi connectivity index (χ3v) is 3.06. The summed E-state index contributed by atoms with van der Waals surface area (Å²) in [7, 11) is 0. The molecule has 0 aromatic heterocycles. The van der Waals surface area contributed by atoms with Crippen molar-refractivity contribution in [3.63, 3.8) is 0 Å². The van der Waals surface area contributed by atoms with Crippen molar-refractivity contribution in [2.24, 2.45) is 5.92 Å². The maximum absolute atomic E-state index is 5.98. The normalized spacial score (nSPS) is 10.8. The van der Waals surface area contributed by atoms with Gasteiger partial charge in [-0.2, -0.15) is 0 Å². The molecule has 0 heterocycles. The van der Waals surface area contributed by atoms with Crippen molar-refractivity contribution in [1.82, 2.24) is 5.32 Å². The van der Waals surface area contributed by atoms with Crippen LogP contribution in [-0.4, -0.2) is 6.54 Å². The average molecular weight is 269 g/mol. The Morgan fingerprint density at radius 2 is 1.80 bits per heavy atom. The Morgan fingerprint density at radius 3 is 2.50 bits per heavy atom. The molecule has 0 aliphatic carbocycles. The fraction of sp³-hybridized carbons (Fsp3) is 0.333. The van der Waals surface area contributed by atoms with E-state index in [1.54, 1.807) is 0 Å². The predicted molar refractivity (Wildman–Crippen MR) is 84.2 cm³/mol. The molecule has 106 valence electrons. The molecule has 0 atom stereocenters. The van der Waals surface area contributed by atoms with Gasteiger partial charge in [0.15, 0.2) is 0 Å². The van der Waals surface area contributed by atoms with Crippen LogP contribution in [0.4, 0.5) is 0 Å². The van der Waals surface area contributed by atoms with E-state index in [-0.39, 0.29) is 0 Å². The van der Waals surface area contributed by atoms with Crippen LogP contribution in [0.25, 0.3) is 0 Å². The number of benzene rings is 2. The maximum Gasteiger partial charge on any atom is 0.131 e. The van der Waals surface area contributed by atoms with E-state index in [2.05, 4.69) is 44.3 Å². The number of para-hydroxylation sites is 1. The molecule has 0 fully saturated rings. The van der Waals surface area contributed by atoms with Gasteiger partial charge in [-0.15, -0.1) is 0 Å². The summed E-state index contributed by atoms with van der Waals surface area (Å²) in [6.07, 6.45) is 0. The average Bonchev–Trinajstić information content (AvgIpc) is 2.42. The molecule has 0 aliphatic rings. The second-order valence-corrected chi connectivity index (χ2v) is 5.55. The van der Waals surface area contributed by atoms with Gasteiger partial charge < -0.3 is 10.1 Å². The van der Waals surface area contributed by atoms with Crippen molar-refractivity contribution in [3.05, 3.63) is 59.7 Å². The summed E-state index contributed by atoms with van der Waals surface area (Å²) in [4.78, 5) is 0. The fourth-order valence-corrected chi connectivity index (χ4v) is 2.06. The van der Waals surface area contributed by atoms with Crippen LogP contribution in [0.2, 0.25) is 0 Å². The predicted octanol–water partition coefficient (Wildman–Crippen LogP) is 4.53. The second-order valence-electron chi connectivity index (χ2n) is 5.55. The number of ether oxygens (including phenoxy) is 1. The first-order chi connectivity index (χ1) is 9.65. The molecule has 2 aromatic carbocycles. The first-order valence-electron chi connectivity index (χ1n) is 7.18. The minimum atomic E-state index is 0.651. The highest BCUT2D eigenvalue weighted by molar-refractivity contribution is 5.40. The van der Waals surface area contributed by atoms with Crippen molar-refractivity contribution in [2.45, 2.75) is 27.3 Å². The summed E-state index contributed by atoms with van der Waals surface area (Å²) in [6, 6.07) is 16.2. The van der Waals surface area contributed by atoms with E-state index >= 15 is 0 Å². The van der Waals surface area contributed by atoms with Crippen molar-refractivity contribution in [3.8, 4) is 11.5 Å². The molecule has 2 rings (SSSR count). The Bertz CT molecular complexity index is 534. The monoisotopic (exact) mass is 269 g/mol. The highest BCUT2D eigenvalue weighted by Gasteiger charge is 2.05. The molecule has 2 aromatic rings. The van der Waals surface area contributed by atoms with E-state index in [4.69, 9.17) is 4.74 Å². The topological polar surface area (TPSA) is 21.3 Å². The molecule has 0 radical (unpaired) electrons. The van der Waals surface area contributed by atoms with Gasteiger partial charge in [0.2, 0.25) is 0 Å². The van der Waals surface area contributed by atoms with Gasteiger partial charge in [-0.05, 0) is 37.6 Å². The van der Waals surface area contributed by atoms with Gasteiger partial charge in [-0.1, -0.05) is 49.7 Å². The lowest BCUT2D eigenvalue weighted by Gasteiger charge is -2.13. The van der Waals surface area contributed by atoms with Crippen LogP contribution in [0.3, 0.4) is 0 Å². The summed E-state index contributed by atoms with van der Waals surface area (Å²) in [5, 5.41) is 3.47. The Morgan fingerprint density at radius 1 is 1.05 bits per heavy atom. The van der Waals surface area contributed by atoms with Crippen molar-refractivity contribution >= 4 is 0 Å². The lowest BCUT2D eigenvalue weighted by Crippen LogP contribution is -2.19. The quantitative estimate of drug-likeness (QED) is 0.831. The van der Waals surface area contributed by atoms with Gasteiger partial charge in [0.1, 0.15) is 11.5 Å². The van der Waals surface area contributed by atoms with Crippen molar-refractivity contribution in [2.75, 3.05) is 6.54 Å². The Labute approximate surface area is 121 Å². The van der Waals surface area contributed by atoms with Crippen molar-refractivity contribution in [1.29, 1.82) is 0 Å². The zero-order valence-corrected chi connectivity index (χ0v) is 12.5. The number of hydrogen-bond acceptors (Lipinski definition) is 2. The van der Waals surface area contributed by atoms with E-state index in [1.165, 1.54) is 11.1 Å². The number of hydrogen-bond donors (Lipinski definition) is 1. The molecule has 0 amide bonds. The molecule has 2 nitrogen and oxygen atoms in total. The molecule has 0 spiro atoms. The van der Waals surface area contributed by atoms with Gasteiger partial charge >= 0.3 is 0 Å². The van der Waals surface area contributed by atoms with Crippen molar-refractivity contribution < 1.29 is 4.74 Å². The number of nitrogens with one attached hydrogen (secondary N) is 1. The molecular formula is C18H23NO. The zero-order valence-electron chi connectivity index (χ0n) is 12.5. The molecule has 0 unspecified atom stereocenters. The van der Waals surface area contributed by atoms with Gasteiger partial charge in [0.25, 0.3) is 0 Å². The second kappa shape index (κ2) is 7.11. The Balaban J connectivity index is 2.11. The smallest absolute Gasteiger partial charge is 0.131 e. The fourth-order valence-electron chi connectivity index (χ4n) is 2.06. The molecule has 0 saturated heterocycles. The van der Waals surface area contributed by atoms with Crippen LogP contribution >= 0.6 is 0 Å². The highest BCUT2D eigenvalue weighted by Crippen LogP contribution is 2.26. The van der Waals surface area contributed by atoms with Gasteiger partial charge in [0.05, 0.1) is 0 Å². The highest BCUT2D eigenvalue weighted by atomic mass is 16.5.